The fourth-order valence-electron chi connectivity index (χ4n) is 2.36. The number of carbonyl (C=O) groups is 1. The fraction of sp³-hybridized carbons (Fsp3) is 0.333. The number of rotatable bonds is 2. The number of hydrogen-bond donors (Lipinski definition) is 0. The lowest BCUT2D eigenvalue weighted by atomic mass is 10.2. The van der Waals surface area contributed by atoms with Crippen molar-refractivity contribution in [2.24, 2.45) is 0 Å². The topological polar surface area (TPSA) is 38.1 Å². The maximum absolute atomic E-state index is 12.8. The zero-order valence-corrected chi connectivity index (χ0v) is 13.3. The summed E-state index contributed by atoms with van der Waals surface area (Å²) in [6.07, 6.45) is 4.39. The van der Waals surface area contributed by atoms with Crippen LogP contribution in [0.5, 0.6) is 0 Å². The molecule has 4 nitrogen and oxygen atoms in total. The summed E-state index contributed by atoms with van der Waals surface area (Å²) >= 11 is 7.88. The van der Waals surface area contributed by atoms with Crippen molar-refractivity contribution < 1.29 is 4.79 Å². The van der Waals surface area contributed by atoms with E-state index in [9.17, 15) is 4.79 Å². The number of aromatic nitrogens is 2. The summed E-state index contributed by atoms with van der Waals surface area (Å²) in [5.41, 5.74) is 1.52. The van der Waals surface area contributed by atoms with Gasteiger partial charge in [0.1, 0.15) is 0 Å². The van der Waals surface area contributed by atoms with E-state index in [1.54, 1.807) is 28.8 Å². The Kier molecular flexibility index (Phi) is 4.22. The number of thioether (sulfide) groups is 1. The van der Waals surface area contributed by atoms with Gasteiger partial charge >= 0.3 is 0 Å². The minimum absolute atomic E-state index is 0.0132. The zero-order chi connectivity index (χ0) is 14.8. The van der Waals surface area contributed by atoms with Crippen LogP contribution in [0.25, 0.3) is 0 Å². The van der Waals surface area contributed by atoms with Crippen LogP contribution < -0.4 is 4.90 Å². The number of aryl methyl sites for hydroxylation is 1. The average molecular weight is 322 g/mol. The average Bonchev–Trinajstić information content (AvgIpc) is 2.88. The van der Waals surface area contributed by atoms with Crippen molar-refractivity contribution in [1.82, 2.24) is 9.78 Å². The lowest BCUT2D eigenvalue weighted by molar-refractivity contribution is 0.0986. The molecule has 110 valence electrons. The quantitative estimate of drug-likeness (QED) is 0.846. The second kappa shape index (κ2) is 6.12. The summed E-state index contributed by atoms with van der Waals surface area (Å²) in [6.45, 7) is 3.46. The van der Waals surface area contributed by atoms with Crippen LogP contribution in [0, 0.1) is 0 Å². The molecule has 1 aliphatic rings. The van der Waals surface area contributed by atoms with Crippen LogP contribution in [0.4, 0.5) is 5.69 Å². The summed E-state index contributed by atoms with van der Waals surface area (Å²) in [4.78, 5) is 15.7. The molecule has 0 radical (unpaired) electrons. The zero-order valence-electron chi connectivity index (χ0n) is 11.8. The summed E-state index contributed by atoms with van der Waals surface area (Å²) in [6, 6.07) is 5.73. The molecule has 0 spiro atoms. The Labute approximate surface area is 133 Å². The predicted octanol–water partition coefficient (Wildman–Crippen LogP) is 3.70. The molecule has 0 saturated heterocycles. The molecule has 2 heterocycles. The largest absolute Gasteiger partial charge is 0.307 e. The molecule has 0 fully saturated rings. The Morgan fingerprint density at radius 3 is 3.10 bits per heavy atom. The number of amides is 1. The van der Waals surface area contributed by atoms with Crippen molar-refractivity contribution in [3.05, 3.63) is 41.2 Å². The van der Waals surface area contributed by atoms with Crippen LogP contribution >= 0.6 is 23.4 Å². The van der Waals surface area contributed by atoms with Gasteiger partial charge in [-0.2, -0.15) is 5.10 Å². The molecular weight excluding hydrogens is 306 g/mol. The Bertz CT molecular complexity index is 671. The first-order chi connectivity index (χ1) is 10.2. The number of hydrogen-bond acceptors (Lipinski definition) is 3. The van der Waals surface area contributed by atoms with Crippen LogP contribution in [0.1, 0.15) is 23.7 Å². The molecule has 1 aromatic heterocycles. The van der Waals surface area contributed by atoms with Crippen LogP contribution in [0.3, 0.4) is 0 Å². The van der Waals surface area contributed by atoms with Gasteiger partial charge < -0.3 is 4.90 Å². The van der Waals surface area contributed by atoms with Gasteiger partial charge in [0, 0.05) is 29.2 Å². The SMILES string of the molecule is CCn1cc(C(=O)N2CCCSc3ccc(Cl)cc32)cn1. The normalized spacial score (nSPS) is 14.7. The van der Waals surface area contributed by atoms with E-state index < -0.39 is 0 Å². The van der Waals surface area contributed by atoms with Crippen LogP contribution in [0.2, 0.25) is 5.02 Å². The molecule has 3 rings (SSSR count). The van der Waals surface area contributed by atoms with E-state index in [2.05, 4.69) is 5.10 Å². The molecule has 21 heavy (non-hydrogen) atoms. The number of halogens is 1. The first-order valence-corrected chi connectivity index (χ1v) is 8.32. The number of benzene rings is 1. The van der Waals surface area contributed by atoms with Crippen molar-refractivity contribution in [2.45, 2.75) is 24.8 Å². The summed E-state index contributed by atoms with van der Waals surface area (Å²) < 4.78 is 1.76. The maximum Gasteiger partial charge on any atom is 0.261 e. The molecule has 1 amide bonds. The van der Waals surface area contributed by atoms with E-state index in [4.69, 9.17) is 11.6 Å². The van der Waals surface area contributed by atoms with E-state index >= 15 is 0 Å². The molecule has 0 saturated carbocycles. The number of nitrogens with zero attached hydrogens (tertiary/aromatic N) is 3. The first kappa shape index (κ1) is 14.5. The molecule has 1 aliphatic heterocycles. The fourth-order valence-corrected chi connectivity index (χ4v) is 3.50. The maximum atomic E-state index is 12.8. The van der Waals surface area contributed by atoms with E-state index in [0.717, 1.165) is 29.3 Å². The van der Waals surface area contributed by atoms with Gasteiger partial charge in [-0.15, -0.1) is 11.8 Å². The molecule has 6 heteroatoms. The second-order valence-corrected chi connectivity index (χ2v) is 6.43. The summed E-state index contributed by atoms with van der Waals surface area (Å²) in [5, 5.41) is 4.84. The molecule has 0 unspecified atom stereocenters. The van der Waals surface area contributed by atoms with Crippen molar-refractivity contribution in [1.29, 1.82) is 0 Å². The highest BCUT2D eigenvalue weighted by molar-refractivity contribution is 7.99. The third-order valence-corrected chi connectivity index (χ3v) is 4.83. The first-order valence-electron chi connectivity index (χ1n) is 6.95. The van der Waals surface area contributed by atoms with Crippen molar-refractivity contribution in [3.63, 3.8) is 0 Å². The Morgan fingerprint density at radius 1 is 1.48 bits per heavy atom. The minimum atomic E-state index is -0.0132. The highest BCUT2D eigenvalue weighted by Crippen LogP contribution is 2.36. The van der Waals surface area contributed by atoms with Gasteiger partial charge in [-0.25, -0.2) is 0 Å². The molecule has 0 bridgehead atoms. The van der Waals surface area contributed by atoms with Gasteiger partial charge in [-0.05, 0) is 37.3 Å². The van der Waals surface area contributed by atoms with Crippen molar-refractivity contribution in [2.75, 3.05) is 17.2 Å². The van der Waals surface area contributed by atoms with E-state index in [0.29, 0.717) is 17.1 Å². The number of carbonyl (C=O) groups excluding carboxylic acids is 1. The summed E-state index contributed by atoms with van der Waals surface area (Å²) in [7, 11) is 0. The third kappa shape index (κ3) is 2.94. The lowest BCUT2D eigenvalue weighted by Crippen LogP contribution is -2.31. The molecule has 0 aliphatic carbocycles. The molecule has 2 aromatic rings. The lowest BCUT2D eigenvalue weighted by Gasteiger charge is -2.22. The molecule has 0 N–H and O–H groups in total. The third-order valence-electron chi connectivity index (χ3n) is 3.44. The van der Waals surface area contributed by atoms with Crippen molar-refractivity contribution in [3.8, 4) is 0 Å². The van der Waals surface area contributed by atoms with Crippen LogP contribution in [-0.2, 0) is 6.54 Å². The summed E-state index contributed by atoms with van der Waals surface area (Å²) in [5.74, 6) is 0.993. The van der Waals surface area contributed by atoms with E-state index in [-0.39, 0.29) is 5.91 Å². The monoisotopic (exact) mass is 321 g/mol. The van der Waals surface area contributed by atoms with Gasteiger partial charge in [0.15, 0.2) is 0 Å². The number of anilines is 1. The smallest absolute Gasteiger partial charge is 0.261 e. The predicted molar refractivity (Wildman–Crippen MR) is 86.4 cm³/mol. The van der Waals surface area contributed by atoms with Gasteiger partial charge in [0.05, 0.1) is 17.4 Å². The van der Waals surface area contributed by atoms with Gasteiger partial charge in [-0.3, -0.25) is 9.48 Å². The Hall–Kier alpha value is -1.46. The highest BCUT2D eigenvalue weighted by atomic mass is 35.5. The standard InChI is InChI=1S/C15H16ClN3OS/c1-2-18-10-11(9-17-18)15(20)19-6-3-7-21-14-5-4-12(16)8-13(14)19/h4-5,8-10H,2-3,6-7H2,1H3. The molecular formula is C15H16ClN3OS. The van der Waals surface area contributed by atoms with Crippen molar-refractivity contribution >= 4 is 35.0 Å². The van der Waals surface area contributed by atoms with Crippen LogP contribution in [0.15, 0.2) is 35.5 Å². The van der Waals surface area contributed by atoms with Gasteiger partial charge in [0.2, 0.25) is 0 Å². The molecule has 1 aromatic carbocycles. The second-order valence-electron chi connectivity index (χ2n) is 4.86. The Morgan fingerprint density at radius 2 is 2.33 bits per heavy atom. The minimum Gasteiger partial charge on any atom is -0.307 e. The van der Waals surface area contributed by atoms with Gasteiger partial charge in [-0.1, -0.05) is 11.6 Å². The number of fused-ring (bicyclic) bond motifs is 1. The Balaban J connectivity index is 1.97. The van der Waals surface area contributed by atoms with Crippen LogP contribution in [-0.4, -0.2) is 28.0 Å². The van der Waals surface area contributed by atoms with Gasteiger partial charge in [0.25, 0.3) is 5.91 Å². The highest BCUT2D eigenvalue weighted by Gasteiger charge is 2.24. The van der Waals surface area contributed by atoms with E-state index in [1.807, 2.05) is 30.0 Å². The molecule has 0 atom stereocenters. The van der Waals surface area contributed by atoms with E-state index in [1.165, 1.54) is 0 Å².